The number of rotatable bonds is 3. The van der Waals surface area contributed by atoms with Crippen LogP contribution in [0.3, 0.4) is 0 Å². The molecule has 0 radical (unpaired) electrons. The van der Waals surface area contributed by atoms with Gasteiger partial charge in [-0.25, -0.2) is 13.2 Å². The summed E-state index contributed by atoms with van der Waals surface area (Å²) >= 11 is 0. The minimum atomic E-state index is -3.36. The molecule has 6 nitrogen and oxygen atoms in total. The van der Waals surface area contributed by atoms with E-state index in [0.29, 0.717) is 32.5 Å². The van der Waals surface area contributed by atoms with E-state index in [9.17, 15) is 13.2 Å². The second-order valence-electron chi connectivity index (χ2n) is 9.32. The van der Waals surface area contributed by atoms with Crippen molar-refractivity contribution in [2.75, 3.05) is 25.9 Å². The number of nitrogens with zero attached hydrogens (tertiary/aromatic N) is 2. The molecule has 1 unspecified atom stereocenters. The molecule has 0 N–H and O–H groups in total. The van der Waals surface area contributed by atoms with Gasteiger partial charge in [0.05, 0.1) is 6.26 Å². The van der Waals surface area contributed by atoms with Gasteiger partial charge < -0.3 is 9.64 Å². The molecule has 1 spiro atoms. The number of likely N-dealkylation sites (tertiary alicyclic amines) is 1. The van der Waals surface area contributed by atoms with Crippen LogP contribution in [0.2, 0.25) is 0 Å². The van der Waals surface area contributed by atoms with Crippen LogP contribution in [0.1, 0.15) is 53.6 Å². The molecule has 2 aliphatic rings. The van der Waals surface area contributed by atoms with Crippen molar-refractivity contribution >= 4 is 16.1 Å². The van der Waals surface area contributed by atoms with E-state index >= 15 is 0 Å². The molecule has 1 amide bonds. The number of benzene rings is 2. The first kappa shape index (κ1) is 22.8. The summed E-state index contributed by atoms with van der Waals surface area (Å²) in [5.41, 5.74) is 5.38. The number of hydrogen-bond donors (Lipinski definition) is 0. The summed E-state index contributed by atoms with van der Waals surface area (Å²) in [6.07, 6.45) is 2.40. The highest BCUT2D eigenvalue weighted by molar-refractivity contribution is 7.88. The summed E-state index contributed by atoms with van der Waals surface area (Å²) in [5.74, 6) is 0. The van der Waals surface area contributed by atoms with Crippen LogP contribution in [-0.4, -0.2) is 49.6 Å². The summed E-state index contributed by atoms with van der Waals surface area (Å²) in [7, 11) is -3.36. The van der Waals surface area contributed by atoms with Crippen LogP contribution in [0, 0.1) is 13.8 Å². The fourth-order valence-electron chi connectivity index (χ4n) is 5.08. The molecule has 1 fully saturated rings. The lowest BCUT2D eigenvalue weighted by Crippen LogP contribution is -2.54. The number of ether oxygens (including phenoxy) is 1. The molecule has 0 aromatic heterocycles. The van der Waals surface area contributed by atoms with E-state index < -0.39 is 10.0 Å². The Kier molecular flexibility index (Phi) is 6.07. The van der Waals surface area contributed by atoms with Gasteiger partial charge in [0.15, 0.2) is 0 Å². The number of carbonyl (C=O) groups excluding carboxylic acids is 1. The lowest BCUT2D eigenvalue weighted by Gasteiger charge is -2.50. The monoisotopic (exact) mass is 456 g/mol. The first-order valence-corrected chi connectivity index (χ1v) is 13.0. The minimum Gasteiger partial charge on any atom is -0.445 e. The van der Waals surface area contributed by atoms with Crippen LogP contribution in [0.25, 0.3) is 0 Å². The van der Waals surface area contributed by atoms with Crippen molar-refractivity contribution in [3.05, 3.63) is 70.3 Å². The zero-order chi connectivity index (χ0) is 23.1. The Hall–Kier alpha value is -2.38. The number of aryl methyl sites for hydroxylation is 2. The highest BCUT2D eigenvalue weighted by atomic mass is 32.2. The maximum absolute atomic E-state index is 12.7. The summed E-state index contributed by atoms with van der Waals surface area (Å²) < 4.78 is 32.4. The molecule has 0 bridgehead atoms. The predicted molar refractivity (Wildman–Crippen MR) is 125 cm³/mol. The highest BCUT2D eigenvalue weighted by Gasteiger charge is 2.47. The molecule has 2 heterocycles. The molecule has 1 saturated heterocycles. The van der Waals surface area contributed by atoms with E-state index in [1.807, 2.05) is 37.3 Å². The Balaban J connectivity index is 1.55. The van der Waals surface area contributed by atoms with E-state index in [1.165, 1.54) is 22.9 Å². The highest BCUT2D eigenvalue weighted by Crippen LogP contribution is 2.47. The topological polar surface area (TPSA) is 66.9 Å². The molecular weight excluding hydrogens is 424 g/mol. The summed E-state index contributed by atoms with van der Waals surface area (Å²) in [6, 6.07) is 13.8. The molecule has 32 heavy (non-hydrogen) atoms. The van der Waals surface area contributed by atoms with Gasteiger partial charge in [0.1, 0.15) is 6.61 Å². The molecular formula is C25H32N2O4S. The fraction of sp³-hybridized carbons (Fsp3) is 0.480. The summed E-state index contributed by atoms with van der Waals surface area (Å²) in [6.45, 7) is 7.94. The SMILES string of the molecule is Cc1cc2c(cc1C)C1(CCN(C(=O)OCc3ccccc3)CC1)CN(S(C)(=O)=O)C2C. The lowest BCUT2D eigenvalue weighted by molar-refractivity contribution is 0.0694. The second-order valence-corrected chi connectivity index (χ2v) is 11.3. The second kappa shape index (κ2) is 8.52. The van der Waals surface area contributed by atoms with Crippen molar-refractivity contribution in [2.24, 2.45) is 0 Å². The van der Waals surface area contributed by atoms with Gasteiger partial charge in [-0.2, -0.15) is 4.31 Å². The third-order valence-corrected chi connectivity index (χ3v) is 8.48. The third kappa shape index (κ3) is 4.28. The molecule has 2 aliphatic heterocycles. The maximum atomic E-state index is 12.7. The van der Waals surface area contributed by atoms with E-state index in [1.54, 1.807) is 9.21 Å². The number of sulfonamides is 1. The van der Waals surface area contributed by atoms with Gasteiger partial charge in [-0.15, -0.1) is 0 Å². The molecule has 4 rings (SSSR count). The van der Waals surface area contributed by atoms with Crippen LogP contribution >= 0.6 is 0 Å². The normalized spacial score (nSPS) is 20.8. The van der Waals surface area contributed by atoms with Crippen molar-refractivity contribution in [1.29, 1.82) is 0 Å². The van der Waals surface area contributed by atoms with Crippen molar-refractivity contribution in [3.63, 3.8) is 0 Å². The number of hydrogen-bond acceptors (Lipinski definition) is 4. The van der Waals surface area contributed by atoms with Crippen molar-refractivity contribution in [2.45, 2.75) is 51.7 Å². The Labute approximate surface area is 191 Å². The van der Waals surface area contributed by atoms with Gasteiger partial charge in [-0.1, -0.05) is 42.5 Å². The van der Waals surface area contributed by atoms with Crippen molar-refractivity contribution in [1.82, 2.24) is 9.21 Å². The standard InChI is InChI=1S/C25H32N2O4S/c1-18-14-22-20(3)27(32(4,29)30)17-25(23(22)15-19(18)2)10-12-26(13-11-25)24(28)31-16-21-8-6-5-7-9-21/h5-9,14-15,20H,10-13,16-17H2,1-4H3. The average Bonchev–Trinajstić information content (AvgIpc) is 2.76. The lowest BCUT2D eigenvalue weighted by atomic mass is 9.67. The van der Waals surface area contributed by atoms with Crippen LogP contribution in [0.5, 0.6) is 0 Å². The molecule has 0 aliphatic carbocycles. The molecule has 2 aromatic carbocycles. The van der Waals surface area contributed by atoms with Gasteiger partial charge in [0.25, 0.3) is 0 Å². The first-order valence-electron chi connectivity index (χ1n) is 11.1. The van der Waals surface area contributed by atoms with E-state index in [4.69, 9.17) is 4.74 Å². The zero-order valence-corrected chi connectivity index (χ0v) is 20.1. The predicted octanol–water partition coefficient (Wildman–Crippen LogP) is 4.31. The quantitative estimate of drug-likeness (QED) is 0.690. The Morgan fingerprint density at radius 3 is 2.34 bits per heavy atom. The van der Waals surface area contributed by atoms with Crippen LogP contribution < -0.4 is 0 Å². The van der Waals surface area contributed by atoms with Gasteiger partial charge in [0.2, 0.25) is 10.0 Å². The average molecular weight is 457 g/mol. The minimum absolute atomic E-state index is 0.196. The summed E-state index contributed by atoms with van der Waals surface area (Å²) in [4.78, 5) is 14.4. The number of piperidine rings is 1. The Morgan fingerprint density at radius 2 is 1.72 bits per heavy atom. The maximum Gasteiger partial charge on any atom is 0.410 e. The van der Waals surface area contributed by atoms with Gasteiger partial charge in [-0.05, 0) is 61.4 Å². The van der Waals surface area contributed by atoms with Crippen LogP contribution in [0.15, 0.2) is 42.5 Å². The first-order chi connectivity index (χ1) is 15.1. The Morgan fingerprint density at radius 1 is 1.09 bits per heavy atom. The number of carbonyl (C=O) groups is 1. The van der Waals surface area contributed by atoms with Gasteiger partial charge in [0, 0.05) is 31.1 Å². The van der Waals surface area contributed by atoms with E-state index in [-0.39, 0.29) is 24.2 Å². The van der Waals surface area contributed by atoms with Crippen molar-refractivity contribution in [3.8, 4) is 0 Å². The molecule has 172 valence electrons. The molecule has 7 heteroatoms. The fourth-order valence-corrected chi connectivity index (χ4v) is 6.25. The van der Waals surface area contributed by atoms with Crippen LogP contribution in [0.4, 0.5) is 4.79 Å². The largest absolute Gasteiger partial charge is 0.445 e. The smallest absolute Gasteiger partial charge is 0.410 e. The zero-order valence-electron chi connectivity index (χ0n) is 19.3. The third-order valence-electron chi connectivity index (χ3n) is 7.19. The van der Waals surface area contributed by atoms with Crippen LogP contribution in [-0.2, 0) is 26.8 Å². The van der Waals surface area contributed by atoms with E-state index in [0.717, 1.165) is 11.1 Å². The summed E-state index contributed by atoms with van der Waals surface area (Å²) in [5, 5.41) is 0. The van der Waals surface area contributed by atoms with Crippen molar-refractivity contribution < 1.29 is 17.9 Å². The Bertz CT molecular complexity index is 1110. The molecule has 0 saturated carbocycles. The molecule has 2 aromatic rings. The van der Waals surface area contributed by atoms with Gasteiger partial charge >= 0.3 is 6.09 Å². The molecule has 1 atom stereocenters. The number of fused-ring (bicyclic) bond motifs is 2. The number of amides is 1. The van der Waals surface area contributed by atoms with E-state index in [2.05, 4.69) is 26.0 Å². The van der Waals surface area contributed by atoms with Gasteiger partial charge in [-0.3, -0.25) is 0 Å².